The van der Waals surface area contributed by atoms with E-state index in [1.807, 2.05) is 19.1 Å². The molecule has 36 heavy (non-hydrogen) atoms. The molecule has 194 valence electrons. The maximum absolute atomic E-state index is 13.5. The summed E-state index contributed by atoms with van der Waals surface area (Å²) in [5.74, 6) is -3.33. The molecule has 2 aliphatic heterocycles. The van der Waals surface area contributed by atoms with Gasteiger partial charge in [0.1, 0.15) is 12.6 Å². The number of para-hydroxylation sites is 1. The summed E-state index contributed by atoms with van der Waals surface area (Å²) in [6, 6.07) is 5.18. The fraction of sp³-hybridized carbons (Fsp3) is 0.577. The Labute approximate surface area is 210 Å². The van der Waals surface area contributed by atoms with Gasteiger partial charge in [-0.05, 0) is 62.5 Å². The Kier molecular flexibility index (Phi) is 8.03. The Balaban J connectivity index is 1.50. The minimum atomic E-state index is -1.05. The molecule has 1 unspecified atom stereocenters. The second-order valence-corrected chi connectivity index (χ2v) is 10.1. The average Bonchev–Trinajstić information content (AvgIpc) is 3.46. The number of carbonyl (C=O) groups is 5. The van der Waals surface area contributed by atoms with Gasteiger partial charge in [-0.25, -0.2) is 0 Å². The molecule has 1 aromatic rings. The SMILES string of the molecule is Cc1ccccc1NC(=O)C(=O)N1CC2CCC[C@@H]2[C@@H]1C(=O)N[C@@H](C[C@@H]1CCCNC1=O)C(=O)CO. The van der Waals surface area contributed by atoms with Crippen molar-refractivity contribution in [3.63, 3.8) is 0 Å². The molecule has 0 radical (unpaired) electrons. The fourth-order valence-electron chi connectivity index (χ4n) is 5.85. The van der Waals surface area contributed by atoms with Crippen LogP contribution in [0.2, 0.25) is 0 Å². The van der Waals surface area contributed by atoms with Gasteiger partial charge < -0.3 is 26.0 Å². The molecule has 1 aliphatic carbocycles. The quantitative estimate of drug-likeness (QED) is 0.404. The number of likely N-dealkylation sites (tertiary alicyclic amines) is 1. The molecule has 4 amide bonds. The number of hydrogen-bond donors (Lipinski definition) is 4. The highest BCUT2D eigenvalue weighted by molar-refractivity contribution is 6.40. The minimum Gasteiger partial charge on any atom is -0.389 e. The van der Waals surface area contributed by atoms with Crippen molar-refractivity contribution in [3.8, 4) is 0 Å². The number of rotatable bonds is 7. The number of aliphatic hydroxyl groups excluding tert-OH is 1. The van der Waals surface area contributed by atoms with Gasteiger partial charge in [0.25, 0.3) is 0 Å². The molecule has 4 N–H and O–H groups in total. The van der Waals surface area contributed by atoms with E-state index in [1.54, 1.807) is 12.1 Å². The third-order valence-corrected chi connectivity index (χ3v) is 7.79. The molecule has 2 saturated heterocycles. The van der Waals surface area contributed by atoms with Gasteiger partial charge >= 0.3 is 11.8 Å². The number of piperidine rings is 1. The summed E-state index contributed by atoms with van der Waals surface area (Å²) in [7, 11) is 0. The standard InChI is InChI=1S/C26H34N4O6/c1-15-6-2-3-10-19(15)28-25(35)26(36)30-13-17-7-4-9-18(17)22(30)24(34)29-20(21(32)14-31)12-16-8-5-11-27-23(16)33/h2-3,6,10,16-18,20,22,31H,4-5,7-9,11-14H2,1H3,(H,27,33)(H,28,35)(H,29,34)/t16-,17?,18-,20-,22+/m0/s1. The molecule has 4 rings (SSSR count). The van der Waals surface area contributed by atoms with Crippen LogP contribution in [-0.2, 0) is 24.0 Å². The molecule has 0 aromatic heterocycles. The first-order chi connectivity index (χ1) is 17.3. The molecular weight excluding hydrogens is 464 g/mol. The van der Waals surface area contributed by atoms with E-state index in [1.165, 1.54) is 4.90 Å². The Morgan fingerprint density at radius 2 is 1.92 bits per heavy atom. The molecule has 10 heteroatoms. The topological polar surface area (TPSA) is 145 Å². The highest BCUT2D eigenvalue weighted by Crippen LogP contribution is 2.42. The number of benzene rings is 1. The number of nitrogens with one attached hydrogen (secondary N) is 3. The smallest absolute Gasteiger partial charge is 0.313 e. The normalized spacial score (nSPS) is 26.1. The zero-order valence-corrected chi connectivity index (χ0v) is 20.5. The average molecular weight is 499 g/mol. The van der Waals surface area contributed by atoms with E-state index < -0.39 is 48.1 Å². The number of carbonyl (C=O) groups excluding carboxylic acids is 5. The Morgan fingerprint density at radius 1 is 1.14 bits per heavy atom. The third-order valence-electron chi connectivity index (χ3n) is 7.79. The van der Waals surface area contributed by atoms with Crippen LogP contribution in [0.5, 0.6) is 0 Å². The summed E-state index contributed by atoms with van der Waals surface area (Å²) in [4.78, 5) is 65.6. The van der Waals surface area contributed by atoms with Crippen LogP contribution < -0.4 is 16.0 Å². The van der Waals surface area contributed by atoms with Gasteiger partial charge in [-0.15, -0.1) is 0 Å². The van der Waals surface area contributed by atoms with Gasteiger partial charge in [-0.3, -0.25) is 24.0 Å². The number of aryl methyl sites for hydroxylation is 1. The molecule has 1 saturated carbocycles. The van der Waals surface area contributed by atoms with Crippen molar-refractivity contribution in [2.24, 2.45) is 17.8 Å². The molecule has 1 aromatic carbocycles. The molecule has 10 nitrogen and oxygen atoms in total. The number of nitrogens with zero attached hydrogens (tertiary/aromatic N) is 1. The van der Waals surface area contributed by atoms with Gasteiger partial charge in [-0.1, -0.05) is 24.6 Å². The van der Waals surface area contributed by atoms with Crippen molar-refractivity contribution in [1.82, 2.24) is 15.5 Å². The van der Waals surface area contributed by atoms with Gasteiger partial charge in [0.2, 0.25) is 11.8 Å². The lowest BCUT2D eigenvalue weighted by Gasteiger charge is -2.30. The molecule has 3 fully saturated rings. The van der Waals surface area contributed by atoms with Gasteiger partial charge in [-0.2, -0.15) is 0 Å². The molecule has 3 aliphatic rings. The molecular formula is C26H34N4O6. The summed E-state index contributed by atoms with van der Waals surface area (Å²) in [5.41, 5.74) is 1.33. The van der Waals surface area contributed by atoms with Crippen LogP contribution in [0.15, 0.2) is 24.3 Å². The van der Waals surface area contributed by atoms with Crippen molar-refractivity contribution >= 4 is 35.1 Å². The first-order valence-corrected chi connectivity index (χ1v) is 12.7. The molecule has 2 heterocycles. The zero-order chi connectivity index (χ0) is 25.8. The summed E-state index contributed by atoms with van der Waals surface area (Å²) in [6.07, 6.45) is 3.98. The number of amides is 4. The van der Waals surface area contributed by atoms with E-state index in [0.717, 1.165) is 31.2 Å². The van der Waals surface area contributed by atoms with Gasteiger partial charge in [0, 0.05) is 24.7 Å². The first kappa shape index (κ1) is 25.8. The zero-order valence-electron chi connectivity index (χ0n) is 20.5. The predicted molar refractivity (Wildman–Crippen MR) is 131 cm³/mol. The summed E-state index contributed by atoms with van der Waals surface area (Å²) >= 11 is 0. The lowest BCUT2D eigenvalue weighted by Crippen LogP contribution is -2.55. The van der Waals surface area contributed by atoms with Gasteiger partial charge in [0.05, 0.1) is 6.04 Å². The lowest BCUT2D eigenvalue weighted by molar-refractivity contribution is -0.147. The molecule has 0 spiro atoms. The second kappa shape index (κ2) is 11.2. The van der Waals surface area contributed by atoms with Crippen LogP contribution in [0.1, 0.15) is 44.1 Å². The number of anilines is 1. The van der Waals surface area contributed by atoms with E-state index in [4.69, 9.17) is 0 Å². The highest BCUT2D eigenvalue weighted by Gasteiger charge is 2.51. The Hall–Kier alpha value is -3.27. The summed E-state index contributed by atoms with van der Waals surface area (Å²) < 4.78 is 0. The summed E-state index contributed by atoms with van der Waals surface area (Å²) in [5, 5.41) is 17.6. The first-order valence-electron chi connectivity index (χ1n) is 12.7. The van der Waals surface area contributed by atoms with Crippen LogP contribution in [0.3, 0.4) is 0 Å². The van der Waals surface area contributed by atoms with E-state index >= 15 is 0 Å². The molecule has 5 atom stereocenters. The minimum absolute atomic E-state index is 0.0828. The van der Waals surface area contributed by atoms with Crippen molar-refractivity contribution in [3.05, 3.63) is 29.8 Å². The Morgan fingerprint density at radius 3 is 2.64 bits per heavy atom. The predicted octanol–water partition coefficient (Wildman–Crippen LogP) is 0.523. The number of aliphatic hydroxyl groups is 1. The molecule has 0 bridgehead atoms. The van der Waals surface area contributed by atoms with Crippen LogP contribution in [0, 0.1) is 24.7 Å². The lowest BCUT2D eigenvalue weighted by atomic mass is 9.89. The maximum Gasteiger partial charge on any atom is 0.313 e. The van der Waals surface area contributed by atoms with Crippen molar-refractivity contribution in [2.45, 2.75) is 57.5 Å². The largest absolute Gasteiger partial charge is 0.389 e. The van der Waals surface area contributed by atoms with Crippen molar-refractivity contribution in [1.29, 1.82) is 0 Å². The van der Waals surface area contributed by atoms with Crippen LogP contribution in [0.25, 0.3) is 0 Å². The number of hydrogen-bond acceptors (Lipinski definition) is 6. The van der Waals surface area contributed by atoms with Crippen LogP contribution in [0.4, 0.5) is 5.69 Å². The fourth-order valence-corrected chi connectivity index (χ4v) is 5.85. The van der Waals surface area contributed by atoms with Crippen LogP contribution >= 0.6 is 0 Å². The maximum atomic E-state index is 13.5. The van der Waals surface area contributed by atoms with Crippen LogP contribution in [-0.4, -0.2) is 71.2 Å². The number of fused-ring (bicyclic) bond motifs is 1. The highest BCUT2D eigenvalue weighted by atomic mass is 16.3. The Bertz CT molecular complexity index is 1040. The second-order valence-electron chi connectivity index (χ2n) is 10.1. The summed E-state index contributed by atoms with van der Waals surface area (Å²) in [6.45, 7) is 1.93. The third kappa shape index (κ3) is 5.43. The van der Waals surface area contributed by atoms with Crippen molar-refractivity contribution in [2.75, 3.05) is 25.0 Å². The van der Waals surface area contributed by atoms with Gasteiger partial charge in [0.15, 0.2) is 5.78 Å². The van der Waals surface area contributed by atoms with Crippen molar-refractivity contribution < 1.29 is 29.1 Å². The number of ketones is 1. The number of Topliss-reactive ketones (excluding diaryl/α,β-unsaturated/α-hetero) is 1. The monoisotopic (exact) mass is 498 g/mol. The van der Waals surface area contributed by atoms with E-state index in [2.05, 4.69) is 16.0 Å². The van der Waals surface area contributed by atoms with E-state index in [9.17, 15) is 29.1 Å². The van der Waals surface area contributed by atoms with E-state index in [0.29, 0.717) is 25.2 Å². The van der Waals surface area contributed by atoms with E-state index in [-0.39, 0.29) is 24.2 Å².